The molecule has 82 valence electrons. The Hall–Kier alpha value is -2.14. The fourth-order valence-corrected chi connectivity index (χ4v) is 1.45. The zero-order valence-electron chi connectivity index (χ0n) is 8.33. The molecule has 1 heterocycles. The third kappa shape index (κ3) is 1.80. The number of oxazole rings is 1. The lowest BCUT2D eigenvalue weighted by Gasteiger charge is -2.08. The highest BCUT2D eigenvalue weighted by atomic mass is 16.4. The maximum atomic E-state index is 10.8. The molecule has 0 saturated heterocycles. The van der Waals surface area contributed by atoms with Gasteiger partial charge in [-0.2, -0.15) is 0 Å². The molecule has 0 radical (unpaired) electrons. The van der Waals surface area contributed by atoms with Crippen LogP contribution < -0.4 is 5.73 Å². The molecular formula is C11H10N2O3. The van der Waals surface area contributed by atoms with Crippen LogP contribution in [0.15, 0.2) is 41.1 Å². The Bertz CT molecular complexity index is 493. The number of aromatic carboxylic acids is 1. The first-order valence-electron chi connectivity index (χ1n) is 4.67. The summed E-state index contributed by atoms with van der Waals surface area (Å²) in [6, 6.07) is 8.50. The van der Waals surface area contributed by atoms with Crippen LogP contribution in [0.25, 0.3) is 0 Å². The molecular weight excluding hydrogens is 208 g/mol. The van der Waals surface area contributed by atoms with Gasteiger partial charge in [0, 0.05) is 0 Å². The van der Waals surface area contributed by atoms with E-state index in [2.05, 4.69) is 4.98 Å². The number of nitrogens with two attached hydrogens (primary N) is 1. The Kier molecular flexibility index (Phi) is 2.70. The van der Waals surface area contributed by atoms with Gasteiger partial charge in [0.15, 0.2) is 17.8 Å². The summed E-state index contributed by atoms with van der Waals surface area (Å²) in [7, 11) is 0. The van der Waals surface area contributed by atoms with Gasteiger partial charge in [-0.15, -0.1) is 0 Å². The predicted molar refractivity (Wildman–Crippen MR) is 55.9 cm³/mol. The molecule has 0 bridgehead atoms. The molecule has 0 amide bonds. The summed E-state index contributed by atoms with van der Waals surface area (Å²) in [5, 5.41) is 8.87. The van der Waals surface area contributed by atoms with Gasteiger partial charge < -0.3 is 15.3 Å². The second kappa shape index (κ2) is 4.16. The van der Waals surface area contributed by atoms with E-state index in [1.165, 1.54) is 0 Å². The van der Waals surface area contributed by atoms with Gasteiger partial charge >= 0.3 is 5.97 Å². The van der Waals surface area contributed by atoms with Crippen molar-refractivity contribution >= 4 is 5.97 Å². The van der Waals surface area contributed by atoms with Gasteiger partial charge in [0.2, 0.25) is 0 Å². The van der Waals surface area contributed by atoms with Crippen molar-refractivity contribution in [2.45, 2.75) is 6.04 Å². The molecule has 1 atom stereocenters. The molecule has 0 fully saturated rings. The molecule has 1 unspecified atom stereocenters. The number of aromatic nitrogens is 1. The van der Waals surface area contributed by atoms with E-state index in [9.17, 15) is 4.79 Å². The lowest BCUT2D eigenvalue weighted by atomic mass is 10.0. The standard InChI is InChI=1S/C11H10N2O3/c12-8(7-4-2-1-3-5-7)10-9(11(14)15)13-6-16-10/h1-6,8H,12H2,(H,14,15). The van der Waals surface area contributed by atoms with Crippen molar-refractivity contribution in [2.75, 3.05) is 0 Å². The van der Waals surface area contributed by atoms with Gasteiger partial charge in [-0.3, -0.25) is 0 Å². The van der Waals surface area contributed by atoms with Crippen molar-refractivity contribution in [3.63, 3.8) is 0 Å². The summed E-state index contributed by atoms with van der Waals surface area (Å²) < 4.78 is 5.03. The van der Waals surface area contributed by atoms with E-state index in [0.29, 0.717) is 0 Å². The zero-order chi connectivity index (χ0) is 11.5. The van der Waals surface area contributed by atoms with Crippen molar-refractivity contribution in [1.82, 2.24) is 4.98 Å². The summed E-state index contributed by atoms with van der Waals surface area (Å²) in [6.45, 7) is 0. The van der Waals surface area contributed by atoms with E-state index >= 15 is 0 Å². The van der Waals surface area contributed by atoms with Crippen molar-refractivity contribution in [3.8, 4) is 0 Å². The van der Waals surface area contributed by atoms with Gasteiger partial charge in [-0.05, 0) is 5.56 Å². The number of carboxylic acids is 1. The van der Waals surface area contributed by atoms with E-state index in [1.807, 2.05) is 18.2 Å². The number of carboxylic acid groups (broad SMARTS) is 1. The summed E-state index contributed by atoms with van der Waals surface area (Å²) >= 11 is 0. The van der Waals surface area contributed by atoms with Crippen LogP contribution in [0.4, 0.5) is 0 Å². The highest BCUT2D eigenvalue weighted by Gasteiger charge is 2.22. The highest BCUT2D eigenvalue weighted by Crippen LogP contribution is 2.21. The van der Waals surface area contributed by atoms with E-state index < -0.39 is 12.0 Å². The average Bonchev–Trinajstić information content (AvgIpc) is 2.78. The van der Waals surface area contributed by atoms with Crippen LogP contribution in [0.2, 0.25) is 0 Å². The van der Waals surface area contributed by atoms with Crippen molar-refractivity contribution in [2.24, 2.45) is 5.73 Å². The molecule has 1 aromatic heterocycles. The fraction of sp³-hybridized carbons (Fsp3) is 0.0909. The number of carbonyl (C=O) groups is 1. The molecule has 0 aliphatic rings. The third-order valence-corrected chi connectivity index (χ3v) is 2.24. The molecule has 0 spiro atoms. The van der Waals surface area contributed by atoms with Gasteiger partial charge in [0.1, 0.15) is 0 Å². The summed E-state index contributed by atoms with van der Waals surface area (Å²) in [5.74, 6) is -0.978. The first-order chi connectivity index (χ1) is 7.70. The Labute approximate surface area is 91.5 Å². The number of hydrogen-bond donors (Lipinski definition) is 2. The van der Waals surface area contributed by atoms with Crippen LogP contribution in [0, 0.1) is 0 Å². The fourth-order valence-electron chi connectivity index (χ4n) is 1.45. The monoisotopic (exact) mass is 218 g/mol. The number of hydrogen-bond acceptors (Lipinski definition) is 4. The van der Waals surface area contributed by atoms with E-state index in [1.54, 1.807) is 12.1 Å². The Morgan fingerprint density at radius 3 is 2.69 bits per heavy atom. The molecule has 3 N–H and O–H groups in total. The topological polar surface area (TPSA) is 89.4 Å². The van der Waals surface area contributed by atoms with E-state index in [-0.39, 0.29) is 11.5 Å². The van der Waals surface area contributed by atoms with Gasteiger partial charge in [0.25, 0.3) is 0 Å². The molecule has 5 nitrogen and oxygen atoms in total. The second-order valence-corrected chi connectivity index (χ2v) is 3.26. The zero-order valence-corrected chi connectivity index (χ0v) is 8.33. The largest absolute Gasteiger partial charge is 0.476 e. The van der Waals surface area contributed by atoms with Gasteiger partial charge in [-0.1, -0.05) is 30.3 Å². The minimum absolute atomic E-state index is 0.142. The first kappa shape index (κ1) is 10.4. The lowest BCUT2D eigenvalue weighted by Crippen LogP contribution is -2.15. The van der Waals surface area contributed by atoms with Crippen molar-refractivity contribution in [1.29, 1.82) is 0 Å². The summed E-state index contributed by atoms with van der Waals surface area (Å²) in [5.41, 5.74) is 6.54. The first-order valence-corrected chi connectivity index (χ1v) is 4.67. The van der Waals surface area contributed by atoms with Crippen LogP contribution in [0.5, 0.6) is 0 Å². The Morgan fingerprint density at radius 1 is 1.38 bits per heavy atom. The molecule has 16 heavy (non-hydrogen) atoms. The molecule has 2 aromatic rings. The molecule has 1 aromatic carbocycles. The Balaban J connectivity index is 2.38. The molecule has 2 rings (SSSR count). The maximum Gasteiger partial charge on any atom is 0.358 e. The van der Waals surface area contributed by atoms with Crippen LogP contribution >= 0.6 is 0 Å². The second-order valence-electron chi connectivity index (χ2n) is 3.26. The van der Waals surface area contributed by atoms with Crippen molar-refractivity contribution in [3.05, 3.63) is 53.7 Å². The smallest absolute Gasteiger partial charge is 0.358 e. The van der Waals surface area contributed by atoms with Crippen LogP contribution in [0.1, 0.15) is 27.9 Å². The van der Waals surface area contributed by atoms with Crippen molar-refractivity contribution < 1.29 is 14.3 Å². The predicted octanol–water partition coefficient (Wildman–Crippen LogP) is 1.42. The van der Waals surface area contributed by atoms with Crippen LogP contribution in [-0.4, -0.2) is 16.1 Å². The summed E-state index contributed by atoms with van der Waals surface area (Å²) in [4.78, 5) is 14.5. The minimum Gasteiger partial charge on any atom is -0.476 e. The third-order valence-electron chi connectivity index (χ3n) is 2.24. The maximum absolute atomic E-state index is 10.8. The van der Waals surface area contributed by atoms with Crippen LogP contribution in [0.3, 0.4) is 0 Å². The number of nitrogens with zero attached hydrogens (tertiary/aromatic N) is 1. The van der Waals surface area contributed by atoms with Gasteiger partial charge in [0.05, 0.1) is 6.04 Å². The SMILES string of the molecule is NC(c1ccccc1)c1ocnc1C(=O)O. The quantitative estimate of drug-likeness (QED) is 0.813. The van der Waals surface area contributed by atoms with Crippen LogP contribution in [-0.2, 0) is 0 Å². The molecule has 0 aliphatic heterocycles. The van der Waals surface area contributed by atoms with E-state index in [0.717, 1.165) is 12.0 Å². The van der Waals surface area contributed by atoms with Gasteiger partial charge in [-0.25, -0.2) is 9.78 Å². The Morgan fingerprint density at radius 2 is 2.06 bits per heavy atom. The average molecular weight is 218 g/mol. The molecule has 5 heteroatoms. The normalized spacial score (nSPS) is 12.3. The highest BCUT2D eigenvalue weighted by molar-refractivity contribution is 5.86. The lowest BCUT2D eigenvalue weighted by molar-refractivity contribution is 0.0688. The molecule has 0 aliphatic carbocycles. The summed E-state index contributed by atoms with van der Waals surface area (Å²) in [6.07, 6.45) is 1.08. The van der Waals surface area contributed by atoms with E-state index in [4.69, 9.17) is 15.3 Å². The number of benzene rings is 1. The molecule has 0 saturated carbocycles. The number of rotatable bonds is 3. The minimum atomic E-state index is -1.14.